The molecule has 5 rings (SSSR count). The molecule has 1 fully saturated rings. The number of alkyl halides is 3. The second-order valence-corrected chi connectivity index (χ2v) is 9.98. The minimum Gasteiger partial charge on any atom is -0.353 e. The van der Waals surface area contributed by atoms with Crippen molar-refractivity contribution in [3.05, 3.63) is 53.6 Å². The predicted octanol–water partition coefficient (Wildman–Crippen LogP) is 5.06. The van der Waals surface area contributed by atoms with Gasteiger partial charge in [0.1, 0.15) is 12.4 Å². The average molecular weight is 489 g/mol. The maximum Gasteiger partial charge on any atom is 0.406 e. The topological polar surface area (TPSA) is 39.7 Å². The summed E-state index contributed by atoms with van der Waals surface area (Å²) in [4.78, 5) is 17.9. The zero-order valence-corrected chi connectivity index (χ0v) is 19.8. The lowest BCUT2D eigenvalue weighted by atomic mass is 9.89. The lowest BCUT2D eigenvalue weighted by Crippen LogP contribution is -2.47. The Kier molecular flexibility index (Phi) is 6.24. The van der Waals surface area contributed by atoms with E-state index in [1.165, 1.54) is 21.6 Å². The third-order valence-electron chi connectivity index (χ3n) is 6.78. The van der Waals surface area contributed by atoms with E-state index in [1.54, 1.807) is 6.07 Å². The Morgan fingerprint density at radius 1 is 1.09 bits per heavy atom. The molecule has 5 nitrogen and oxygen atoms in total. The number of carbonyl (C=O) groups is 1. The number of halogens is 3. The largest absolute Gasteiger partial charge is 0.406 e. The molecule has 0 aliphatic carbocycles. The molecule has 0 bridgehead atoms. The number of aromatic nitrogens is 1. The molecule has 0 radical (unpaired) electrons. The van der Waals surface area contributed by atoms with Gasteiger partial charge in [-0.05, 0) is 53.2 Å². The highest BCUT2D eigenvalue weighted by Gasteiger charge is 2.38. The molecule has 0 N–H and O–H groups in total. The van der Waals surface area contributed by atoms with E-state index in [9.17, 15) is 18.0 Å². The summed E-state index contributed by atoms with van der Waals surface area (Å²) < 4.78 is 44.9. The fourth-order valence-corrected chi connectivity index (χ4v) is 5.74. The van der Waals surface area contributed by atoms with E-state index in [1.807, 2.05) is 31.2 Å². The third-order valence-corrected chi connectivity index (χ3v) is 7.60. The summed E-state index contributed by atoms with van der Waals surface area (Å²) in [7, 11) is 0. The van der Waals surface area contributed by atoms with Crippen LogP contribution in [-0.2, 0) is 11.2 Å². The number of hydrogen-bond donors (Lipinski definition) is 0. The monoisotopic (exact) mass is 488 g/mol. The van der Waals surface area contributed by atoms with Gasteiger partial charge in [0.2, 0.25) is 5.91 Å². The van der Waals surface area contributed by atoms with Gasteiger partial charge >= 0.3 is 6.18 Å². The highest BCUT2D eigenvalue weighted by molar-refractivity contribution is 7.13. The first-order valence-electron chi connectivity index (χ1n) is 11.6. The van der Waals surface area contributed by atoms with Crippen LogP contribution in [0.15, 0.2) is 42.5 Å². The number of amides is 1. The second-order valence-electron chi connectivity index (χ2n) is 9.17. The number of rotatable bonds is 5. The first kappa shape index (κ1) is 23.1. The van der Waals surface area contributed by atoms with Gasteiger partial charge in [0.25, 0.3) is 0 Å². The first-order chi connectivity index (χ1) is 16.3. The molecule has 180 valence electrons. The molecule has 1 amide bonds. The Balaban J connectivity index is 1.21. The van der Waals surface area contributed by atoms with Gasteiger partial charge < -0.3 is 9.80 Å². The molecular formula is C25H27F3N4OS. The number of benzene rings is 2. The zero-order valence-electron chi connectivity index (χ0n) is 19.0. The van der Waals surface area contributed by atoms with E-state index in [0.717, 1.165) is 61.0 Å². The molecule has 3 heterocycles. The van der Waals surface area contributed by atoms with E-state index in [2.05, 4.69) is 26.3 Å². The third kappa shape index (κ3) is 4.77. The maximum atomic E-state index is 13.0. The van der Waals surface area contributed by atoms with Crippen LogP contribution in [0.5, 0.6) is 0 Å². The molecule has 1 atom stereocenters. The van der Waals surface area contributed by atoms with Crippen molar-refractivity contribution in [2.75, 3.05) is 49.1 Å². The van der Waals surface area contributed by atoms with Crippen LogP contribution in [0.2, 0.25) is 0 Å². The summed E-state index contributed by atoms with van der Waals surface area (Å²) in [5.74, 6) is 0.529. The van der Waals surface area contributed by atoms with Crippen LogP contribution < -0.4 is 9.80 Å². The lowest BCUT2D eigenvalue weighted by Gasteiger charge is -2.35. The number of fused-ring (bicyclic) bond motifs is 2. The van der Waals surface area contributed by atoms with Crippen LogP contribution in [0.25, 0.3) is 10.1 Å². The highest BCUT2D eigenvalue weighted by atomic mass is 32.1. The van der Waals surface area contributed by atoms with Crippen LogP contribution in [0.3, 0.4) is 0 Å². The fourth-order valence-electron chi connectivity index (χ4n) is 4.94. The molecule has 1 aromatic heterocycles. The van der Waals surface area contributed by atoms with E-state index in [4.69, 9.17) is 0 Å². The minimum atomic E-state index is -4.42. The molecule has 2 aliphatic rings. The van der Waals surface area contributed by atoms with Crippen molar-refractivity contribution in [3.8, 4) is 0 Å². The number of nitrogens with zero attached hydrogens (tertiary/aromatic N) is 4. The molecule has 0 spiro atoms. The molecule has 9 heteroatoms. The normalized spacial score (nSPS) is 19.6. The molecular weight excluding hydrogens is 461 g/mol. The quantitative estimate of drug-likeness (QED) is 0.503. The van der Waals surface area contributed by atoms with E-state index in [0.29, 0.717) is 5.69 Å². The van der Waals surface area contributed by atoms with Crippen molar-refractivity contribution in [1.29, 1.82) is 0 Å². The second kappa shape index (κ2) is 9.19. The Bertz CT molecular complexity index is 1190. The highest BCUT2D eigenvalue weighted by Crippen LogP contribution is 2.38. The van der Waals surface area contributed by atoms with Crippen LogP contribution in [0.4, 0.5) is 24.7 Å². The van der Waals surface area contributed by atoms with Gasteiger partial charge in [0, 0.05) is 50.2 Å². The van der Waals surface area contributed by atoms with Gasteiger partial charge in [-0.2, -0.15) is 17.5 Å². The average Bonchev–Trinajstić information content (AvgIpc) is 3.24. The van der Waals surface area contributed by atoms with Crippen LogP contribution in [0.1, 0.15) is 30.4 Å². The number of carbonyl (C=O) groups excluding carboxylic acids is 1. The SMILES string of the molecule is CC1CC(=O)N(CC(F)(F)F)c2ccc(CCN3CCN(c4nsc5ccccc45)CC3)cc21. The van der Waals surface area contributed by atoms with Gasteiger partial charge in [-0.25, -0.2) is 0 Å². The van der Waals surface area contributed by atoms with Crippen LogP contribution >= 0.6 is 11.5 Å². The predicted molar refractivity (Wildman–Crippen MR) is 130 cm³/mol. The molecule has 3 aromatic rings. The molecule has 1 unspecified atom stereocenters. The van der Waals surface area contributed by atoms with Gasteiger partial charge in [-0.15, -0.1) is 0 Å². The maximum absolute atomic E-state index is 13.0. The summed E-state index contributed by atoms with van der Waals surface area (Å²) in [5, 5.41) is 1.21. The molecule has 1 saturated heterocycles. The van der Waals surface area contributed by atoms with Gasteiger partial charge in [-0.3, -0.25) is 9.69 Å². The Hall–Kier alpha value is -2.65. The molecule has 0 saturated carbocycles. The van der Waals surface area contributed by atoms with Crippen molar-refractivity contribution in [3.63, 3.8) is 0 Å². The summed E-state index contributed by atoms with van der Waals surface area (Å²) >= 11 is 1.54. The van der Waals surface area contributed by atoms with Gasteiger partial charge in [0.05, 0.1) is 4.70 Å². The van der Waals surface area contributed by atoms with E-state index < -0.39 is 18.6 Å². The summed E-state index contributed by atoms with van der Waals surface area (Å²) in [6, 6.07) is 13.9. The number of hydrogen-bond acceptors (Lipinski definition) is 5. The fraction of sp³-hybridized carbons (Fsp3) is 0.440. The lowest BCUT2D eigenvalue weighted by molar-refractivity contribution is -0.133. The van der Waals surface area contributed by atoms with E-state index >= 15 is 0 Å². The Morgan fingerprint density at radius 2 is 1.85 bits per heavy atom. The minimum absolute atomic E-state index is 0.0802. The van der Waals surface area contributed by atoms with Crippen LogP contribution in [0, 0.1) is 0 Å². The summed E-state index contributed by atoms with van der Waals surface area (Å²) in [5.41, 5.74) is 2.33. The molecule has 34 heavy (non-hydrogen) atoms. The summed E-state index contributed by atoms with van der Waals surface area (Å²) in [6.07, 6.45) is -3.48. The Morgan fingerprint density at radius 3 is 2.62 bits per heavy atom. The number of anilines is 2. The van der Waals surface area contributed by atoms with Crippen molar-refractivity contribution in [2.24, 2.45) is 0 Å². The molecule has 2 aromatic carbocycles. The summed E-state index contributed by atoms with van der Waals surface area (Å²) in [6.45, 7) is 5.30. The zero-order chi connectivity index (χ0) is 23.9. The van der Waals surface area contributed by atoms with Gasteiger partial charge in [0.15, 0.2) is 0 Å². The first-order valence-corrected chi connectivity index (χ1v) is 12.4. The number of piperazine rings is 1. The van der Waals surface area contributed by atoms with Crippen LogP contribution in [-0.4, -0.2) is 60.6 Å². The van der Waals surface area contributed by atoms with Crippen molar-refractivity contribution >= 4 is 39.0 Å². The Labute approximate surface area is 200 Å². The van der Waals surface area contributed by atoms with E-state index in [-0.39, 0.29) is 12.3 Å². The van der Waals surface area contributed by atoms with Crippen molar-refractivity contribution in [2.45, 2.75) is 31.9 Å². The van der Waals surface area contributed by atoms with Crippen molar-refractivity contribution in [1.82, 2.24) is 9.27 Å². The smallest absolute Gasteiger partial charge is 0.353 e. The molecule has 2 aliphatic heterocycles. The van der Waals surface area contributed by atoms with Gasteiger partial charge in [-0.1, -0.05) is 31.2 Å². The standard InChI is InChI=1S/C25H27F3N4OS/c1-17-14-23(33)32(16-25(26,27)28)21-7-6-18(15-20(17)21)8-9-30-10-12-31(13-11-30)24-19-4-2-3-5-22(19)34-29-24/h2-7,15,17H,8-14,16H2,1H3. The van der Waals surface area contributed by atoms with Crippen molar-refractivity contribution < 1.29 is 18.0 Å².